The van der Waals surface area contributed by atoms with Crippen LogP contribution in [0.5, 0.6) is 0 Å². The Kier molecular flexibility index (Phi) is 11.6. The standard InChI is InChI=1S/C34H45N5O2S/c1-5-10-26(4)31(25(2)3)24-38-19-16-27-14-15-29(21-32(27)38)37-34(41)36-22-33(40)39(23-30-13-8-20-42-30)18-9-17-35-28-11-6-7-12-28/h5,8,10,13-16,19-21,28,35H,2,6-7,9,11-12,17-18,22-24H2,1,3-4H3,(H2,36,37,41)/b10-5-,31-26-. The minimum absolute atomic E-state index is 0.0527. The van der Waals surface area contributed by atoms with Crippen LogP contribution in [0, 0.1) is 0 Å². The molecule has 1 aliphatic carbocycles. The zero-order valence-corrected chi connectivity index (χ0v) is 26.1. The van der Waals surface area contributed by atoms with E-state index in [0.717, 1.165) is 34.3 Å². The Hall–Kier alpha value is -3.62. The van der Waals surface area contributed by atoms with Crippen molar-refractivity contribution in [1.29, 1.82) is 0 Å². The maximum Gasteiger partial charge on any atom is 0.319 e. The van der Waals surface area contributed by atoms with Crippen molar-refractivity contribution in [3.05, 3.63) is 88.3 Å². The second kappa shape index (κ2) is 15.6. The van der Waals surface area contributed by atoms with E-state index >= 15 is 0 Å². The van der Waals surface area contributed by atoms with Gasteiger partial charge in [0.05, 0.1) is 18.6 Å². The van der Waals surface area contributed by atoms with Gasteiger partial charge in [0.2, 0.25) is 5.91 Å². The van der Waals surface area contributed by atoms with Crippen LogP contribution < -0.4 is 16.0 Å². The van der Waals surface area contributed by atoms with Crippen molar-refractivity contribution in [3.63, 3.8) is 0 Å². The van der Waals surface area contributed by atoms with Crippen LogP contribution in [0.1, 0.15) is 57.8 Å². The van der Waals surface area contributed by atoms with Gasteiger partial charge in [-0.05, 0) is 92.8 Å². The number of benzene rings is 1. The van der Waals surface area contributed by atoms with E-state index in [1.54, 1.807) is 11.3 Å². The molecule has 4 rings (SSSR count). The summed E-state index contributed by atoms with van der Waals surface area (Å²) in [6.45, 7) is 13.1. The van der Waals surface area contributed by atoms with Gasteiger partial charge in [0.25, 0.3) is 0 Å². The predicted molar refractivity (Wildman–Crippen MR) is 176 cm³/mol. The molecule has 0 aliphatic heterocycles. The summed E-state index contributed by atoms with van der Waals surface area (Å²) in [5, 5.41) is 12.4. The Balaban J connectivity index is 1.34. The summed E-state index contributed by atoms with van der Waals surface area (Å²) in [5.41, 5.74) is 5.09. The van der Waals surface area contributed by atoms with Crippen LogP contribution in [-0.4, -0.2) is 47.1 Å². The quantitative estimate of drug-likeness (QED) is 0.137. The van der Waals surface area contributed by atoms with E-state index in [9.17, 15) is 9.59 Å². The normalized spacial score (nSPS) is 14.4. The molecule has 2 aromatic heterocycles. The molecule has 0 saturated heterocycles. The molecule has 224 valence electrons. The zero-order valence-electron chi connectivity index (χ0n) is 25.2. The Bertz CT molecular complexity index is 1410. The van der Waals surface area contributed by atoms with Crippen LogP contribution in [-0.2, 0) is 17.9 Å². The van der Waals surface area contributed by atoms with Crippen LogP contribution in [0.2, 0.25) is 0 Å². The fraction of sp³-hybridized carbons (Fsp3) is 0.412. The first-order chi connectivity index (χ1) is 20.3. The molecule has 0 unspecified atom stereocenters. The topological polar surface area (TPSA) is 78.4 Å². The van der Waals surface area contributed by atoms with Crippen molar-refractivity contribution in [2.75, 3.05) is 25.0 Å². The number of fused-ring (bicyclic) bond motifs is 1. The predicted octanol–water partition coefficient (Wildman–Crippen LogP) is 7.24. The summed E-state index contributed by atoms with van der Waals surface area (Å²) in [4.78, 5) is 29.0. The lowest BCUT2D eigenvalue weighted by atomic mass is 10.0. The van der Waals surface area contributed by atoms with E-state index in [2.05, 4.69) is 52.4 Å². The molecule has 8 heteroatoms. The van der Waals surface area contributed by atoms with Gasteiger partial charge in [0, 0.05) is 35.9 Å². The second-order valence-corrected chi connectivity index (χ2v) is 12.2. The van der Waals surface area contributed by atoms with E-state index in [1.165, 1.54) is 36.8 Å². The maximum atomic E-state index is 13.2. The summed E-state index contributed by atoms with van der Waals surface area (Å²) >= 11 is 1.64. The number of amides is 3. The van der Waals surface area contributed by atoms with Crippen molar-refractivity contribution in [2.45, 2.75) is 72.0 Å². The Morgan fingerprint density at radius 1 is 1.17 bits per heavy atom. The molecule has 7 nitrogen and oxygen atoms in total. The molecular weight excluding hydrogens is 542 g/mol. The molecule has 3 aromatic rings. The second-order valence-electron chi connectivity index (χ2n) is 11.2. The van der Waals surface area contributed by atoms with Crippen LogP contribution in [0.3, 0.4) is 0 Å². The van der Waals surface area contributed by atoms with Crippen LogP contribution >= 0.6 is 11.3 Å². The number of carbonyl (C=O) groups is 2. The molecule has 42 heavy (non-hydrogen) atoms. The minimum atomic E-state index is -0.397. The molecule has 0 atom stereocenters. The van der Waals surface area contributed by atoms with Gasteiger partial charge in [-0.3, -0.25) is 4.79 Å². The largest absolute Gasteiger partial charge is 0.343 e. The number of anilines is 1. The molecule has 1 aromatic carbocycles. The van der Waals surface area contributed by atoms with Gasteiger partial charge in [0.1, 0.15) is 0 Å². The number of allylic oxidation sites excluding steroid dienone is 5. The van der Waals surface area contributed by atoms with Crippen LogP contribution in [0.25, 0.3) is 10.9 Å². The lowest BCUT2D eigenvalue weighted by Gasteiger charge is -2.23. The molecule has 0 spiro atoms. The highest BCUT2D eigenvalue weighted by Crippen LogP contribution is 2.24. The monoisotopic (exact) mass is 587 g/mol. The zero-order chi connectivity index (χ0) is 29.9. The number of urea groups is 1. The van der Waals surface area contributed by atoms with Crippen molar-refractivity contribution in [1.82, 2.24) is 20.1 Å². The smallest absolute Gasteiger partial charge is 0.319 e. The van der Waals surface area contributed by atoms with E-state index in [1.807, 2.05) is 60.5 Å². The number of hydrogen-bond donors (Lipinski definition) is 3. The third-order valence-corrected chi connectivity index (χ3v) is 8.70. The number of hydrogen-bond acceptors (Lipinski definition) is 4. The lowest BCUT2D eigenvalue weighted by molar-refractivity contribution is -0.130. The molecule has 0 bridgehead atoms. The minimum Gasteiger partial charge on any atom is -0.343 e. The van der Waals surface area contributed by atoms with Crippen molar-refractivity contribution >= 4 is 39.9 Å². The van der Waals surface area contributed by atoms with E-state index < -0.39 is 6.03 Å². The van der Waals surface area contributed by atoms with Crippen molar-refractivity contribution < 1.29 is 9.59 Å². The fourth-order valence-corrected chi connectivity index (χ4v) is 6.27. The van der Waals surface area contributed by atoms with Gasteiger partial charge < -0.3 is 25.4 Å². The van der Waals surface area contributed by atoms with E-state index in [0.29, 0.717) is 31.4 Å². The Morgan fingerprint density at radius 2 is 1.98 bits per heavy atom. The average molecular weight is 588 g/mol. The first kappa shape index (κ1) is 31.3. The summed E-state index contributed by atoms with van der Waals surface area (Å²) in [7, 11) is 0. The number of thiophene rings is 1. The summed E-state index contributed by atoms with van der Waals surface area (Å²) in [6.07, 6.45) is 12.2. The van der Waals surface area contributed by atoms with Crippen molar-refractivity contribution in [2.24, 2.45) is 0 Å². The first-order valence-electron chi connectivity index (χ1n) is 15.0. The summed E-state index contributed by atoms with van der Waals surface area (Å²) in [5.74, 6) is -0.0839. The molecule has 2 heterocycles. The number of aromatic nitrogens is 1. The molecular formula is C34H45N5O2S. The molecule has 3 N–H and O–H groups in total. The average Bonchev–Trinajstić information content (AvgIpc) is 3.75. The molecule has 1 fully saturated rings. The lowest BCUT2D eigenvalue weighted by Crippen LogP contribution is -2.42. The fourth-order valence-electron chi connectivity index (χ4n) is 5.55. The third kappa shape index (κ3) is 8.94. The third-order valence-electron chi connectivity index (χ3n) is 7.84. The number of nitrogens with zero attached hydrogens (tertiary/aromatic N) is 2. The molecule has 1 saturated carbocycles. The van der Waals surface area contributed by atoms with Gasteiger partial charge in [-0.1, -0.05) is 49.3 Å². The Labute approximate surface area is 254 Å². The maximum absolute atomic E-state index is 13.2. The van der Waals surface area contributed by atoms with Gasteiger partial charge in [-0.2, -0.15) is 0 Å². The van der Waals surface area contributed by atoms with E-state index in [-0.39, 0.29) is 12.5 Å². The van der Waals surface area contributed by atoms with Gasteiger partial charge >= 0.3 is 6.03 Å². The van der Waals surface area contributed by atoms with E-state index in [4.69, 9.17) is 0 Å². The first-order valence-corrected chi connectivity index (χ1v) is 15.9. The van der Waals surface area contributed by atoms with Gasteiger partial charge in [-0.15, -0.1) is 11.3 Å². The summed E-state index contributed by atoms with van der Waals surface area (Å²) in [6, 6.07) is 12.2. The highest BCUT2D eigenvalue weighted by Gasteiger charge is 2.17. The number of rotatable bonds is 14. The van der Waals surface area contributed by atoms with Gasteiger partial charge in [-0.25, -0.2) is 4.79 Å². The number of nitrogens with one attached hydrogen (secondary N) is 3. The SMILES string of the molecule is C=C(C)/C(Cn1ccc2ccc(NC(=O)NCC(=O)N(CCCNC3CCCC3)Cc3cccs3)cc21)=C(C)\C=C/C. The highest BCUT2D eigenvalue weighted by molar-refractivity contribution is 7.09. The highest BCUT2D eigenvalue weighted by atomic mass is 32.1. The number of carbonyl (C=O) groups excluding carboxylic acids is 2. The Morgan fingerprint density at radius 3 is 2.69 bits per heavy atom. The van der Waals surface area contributed by atoms with Crippen molar-refractivity contribution in [3.8, 4) is 0 Å². The molecule has 0 radical (unpaired) electrons. The molecule has 3 amide bonds. The summed E-state index contributed by atoms with van der Waals surface area (Å²) < 4.78 is 2.17. The van der Waals surface area contributed by atoms with Gasteiger partial charge in [0.15, 0.2) is 0 Å². The molecule has 1 aliphatic rings. The van der Waals surface area contributed by atoms with Crippen LogP contribution in [0.15, 0.2) is 83.4 Å². The van der Waals surface area contributed by atoms with Crippen LogP contribution in [0.4, 0.5) is 10.5 Å².